The van der Waals surface area contributed by atoms with Crippen molar-refractivity contribution in [1.29, 1.82) is 0 Å². The Morgan fingerprint density at radius 2 is 1.77 bits per heavy atom. The van der Waals surface area contributed by atoms with Crippen LogP contribution in [0.5, 0.6) is 0 Å². The number of rotatable bonds is 5. The minimum Gasteiger partial charge on any atom is -0.366 e. The Bertz CT molecular complexity index is 914. The largest absolute Gasteiger partial charge is 0.366 e. The second-order valence-electron chi connectivity index (χ2n) is 5.45. The molecule has 2 N–H and O–H groups in total. The van der Waals surface area contributed by atoms with Crippen molar-refractivity contribution >= 4 is 40.6 Å². The minimum atomic E-state index is -0.419. The smallest absolute Gasteiger partial charge is 0.274 e. The molecule has 132 valence electrons. The molecule has 26 heavy (non-hydrogen) atoms. The Hall–Kier alpha value is -2.70. The topological polar surface area (TPSA) is 79.8 Å². The number of hydrogen-bond donors (Lipinski definition) is 2. The van der Waals surface area contributed by atoms with Crippen molar-refractivity contribution in [2.45, 2.75) is 13.5 Å². The van der Waals surface area contributed by atoms with E-state index in [1.165, 1.54) is 0 Å². The van der Waals surface area contributed by atoms with Crippen LogP contribution in [0.15, 0.2) is 48.8 Å². The summed E-state index contributed by atoms with van der Waals surface area (Å²) in [5, 5.41) is 6.58. The van der Waals surface area contributed by atoms with Crippen LogP contribution in [-0.4, -0.2) is 20.9 Å². The fraction of sp³-hybridized carbons (Fsp3) is 0.111. The second-order valence-corrected chi connectivity index (χ2v) is 6.26. The van der Waals surface area contributed by atoms with Crippen molar-refractivity contribution < 1.29 is 4.79 Å². The van der Waals surface area contributed by atoms with Crippen LogP contribution in [0.2, 0.25) is 10.0 Å². The van der Waals surface area contributed by atoms with Gasteiger partial charge in [0.25, 0.3) is 5.91 Å². The van der Waals surface area contributed by atoms with Crippen LogP contribution in [0.25, 0.3) is 0 Å². The number of anilines is 2. The highest BCUT2D eigenvalue weighted by molar-refractivity contribution is 6.40. The number of nitrogens with one attached hydrogen (secondary N) is 2. The van der Waals surface area contributed by atoms with E-state index in [1.807, 2.05) is 12.1 Å². The van der Waals surface area contributed by atoms with Gasteiger partial charge in [-0.1, -0.05) is 29.3 Å². The number of carbonyl (C=O) groups is 1. The van der Waals surface area contributed by atoms with E-state index in [2.05, 4.69) is 25.6 Å². The molecule has 0 bridgehead atoms. The summed E-state index contributed by atoms with van der Waals surface area (Å²) in [4.78, 5) is 25.0. The molecule has 3 rings (SSSR count). The average molecular weight is 388 g/mol. The van der Waals surface area contributed by atoms with Crippen LogP contribution in [0.4, 0.5) is 11.5 Å². The van der Waals surface area contributed by atoms with Gasteiger partial charge >= 0.3 is 0 Å². The molecule has 0 spiro atoms. The molecule has 2 heterocycles. The number of pyridine rings is 1. The second kappa shape index (κ2) is 8.12. The third kappa shape index (κ3) is 4.47. The molecule has 0 atom stereocenters. The van der Waals surface area contributed by atoms with E-state index in [4.69, 9.17) is 23.2 Å². The molecule has 0 radical (unpaired) electrons. The first kappa shape index (κ1) is 18.1. The number of aromatic nitrogens is 3. The highest BCUT2D eigenvalue weighted by Crippen LogP contribution is 2.30. The standard InChI is InChI=1S/C18H15Cl2N5O/c1-11-23-15(18(26)25-17-13(19)3-2-4-14(17)20)9-16(24-11)22-10-12-5-7-21-8-6-12/h2-9H,10H2,1H3,(H,25,26)(H,22,23,24). The number of benzene rings is 1. The zero-order valence-corrected chi connectivity index (χ0v) is 15.3. The monoisotopic (exact) mass is 387 g/mol. The molecular formula is C18H15Cl2N5O. The summed E-state index contributed by atoms with van der Waals surface area (Å²) < 4.78 is 0. The van der Waals surface area contributed by atoms with E-state index in [9.17, 15) is 4.79 Å². The van der Waals surface area contributed by atoms with E-state index < -0.39 is 5.91 Å². The average Bonchev–Trinajstić information content (AvgIpc) is 2.63. The maximum Gasteiger partial charge on any atom is 0.274 e. The van der Waals surface area contributed by atoms with Crippen LogP contribution in [0.1, 0.15) is 21.9 Å². The van der Waals surface area contributed by atoms with Crippen molar-refractivity contribution in [1.82, 2.24) is 15.0 Å². The molecule has 0 aliphatic carbocycles. The zero-order valence-electron chi connectivity index (χ0n) is 13.8. The highest BCUT2D eigenvalue weighted by atomic mass is 35.5. The number of halogens is 2. The molecule has 0 unspecified atom stereocenters. The molecule has 3 aromatic rings. The molecule has 0 aliphatic rings. The van der Waals surface area contributed by atoms with Crippen LogP contribution in [0.3, 0.4) is 0 Å². The van der Waals surface area contributed by atoms with E-state index in [0.717, 1.165) is 5.56 Å². The number of para-hydroxylation sites is 1. The van der Waals surface area contributed by atoms with Crippen LogP contribution in [-0.2, 0) is 6.54 Å². The Labute approximate surface area is 160 Å². The van der Waals surface area contributed by atoms with Gasteiger partial charge in [0.2, 0.25) is 0 Å². The fourth-order valence-electron chi connectivity index (χ4n) is 2.26. The van der Waals surface area contributed by atoms with Crippen molar-refractivity contribution in [2.24, 2.45) is 0 Å². The molecule has 0 saturated carbocycles. The van der Waals surface area contributed by atoms with Crippen molar-refractivity contribution in [3.8, 4) is 0 Å². The third-order valence-corrected chi connectivity index (χ3v) is 4.12. The highest BCUT2D eigenvalue weighted by Gasteiger charge is 2.14. The summed E-state index contributed by atoms with van der Waals surface area (Å²) in [6, 6.07) is 10.4. The lowest BCUT2D eigenvalue weighted by molar-refractivity contribution is 0.102. The number of amides is 1. The van der Waals surface area contributed by atoms with Gasteiger partial charge in [0.1, 0.15) is 17.3 Å². The molecule has 6 nitrogen and oxygen atoms in total. The quantitative estimate of drug-likeness (QED) is 0.679. The van der Waals surface area contributed by atoms with Crippen molar-refractivity contribution in [3.63, 3.8) is 0 Å². The van der Waals surface area contributed by atoms with Crippen LogP contribution >= 0.6 is 23.2 Å². The maximum atomic E-state index is 12.5. The van der Waals surface area contributed by atoms with E-state index in [0.29, 0.717) is 33.9 Å². The van der Waals surface area contributed by atoms with Gasteiger partial charge in [-0.05, 0) is 36.8 Å². The van der Waals surface area contributed by atoms with Crippen LogP contribution < -0.4 is 10.6 Å². The summed E-state index contributed by atoms with van der Waals surface area (Å²) in [5.74, 6) is 0.599. The number of aryl methyl sites for hydroxylation is 1. The van der Waals surface area contributed by atoms with E-state index in [-0.39, 0.29) is 5.69 Å². The predicted molar refractivity (Wildman–Crippen MR) is 103 cm³/mol. The first-order chi connectivity index (χ1) is 12.5. The first-order valence-corrected chi connectivity index (χ1v) is 8.52. The van der Waals surface area contributed by atoms with Crippen LogP contribution in [0, 0.1) is 6.92 Å². The fourth-order valence-corrected chi connectivity index (χ4v) is 2.75. The van der Waals surface area contributed by atoms with Gasteiger partial charge in [0.05, 0.1) is 15.7 Å². The van der Waals surface area contributed by atoms with Crippen molar-refractivity contribution in [3.05, 3.63) is 75.9 Å². The molecule has 0 fully saturated rings. The Kier molecular flexibility index (Phi) is 5.65. The molecule has 8 heteroatoms. The number of nitrogens with zero attached hydrogens (tertiary/aromatic N) is 3. The number of hydrogen-bond acceptors (Lipinski definition) is 5. The van der Waals surface area contributed by atoms with Gasteiger partial charge in [-0.3, -0.25) is 9.78 Å². The summed E-state index contributed by atoms with van der Waals surface area (Å²) in [6.07, 6.45) is 3.43. The lowest BCUT2D eigenvalue weighted by atomic mass is 10.2. The molecular weight excluding hydrogens is 373 g/mol. The lowest BCUT2D eigenvalue weighted by Gasteiger charge is -2.11. The van der Waals surface area contributed by atoms with E-state index in [1.54, 1.807) is 43.6 Å². The van der Waals surface area contributed by atoms with Gasteiger partial charge in [-0.15, -0.1) is 0 Å². The predicted octanol–water partition coefficient (Wildman–Crippen LogP) is 4.35. The molecule has 0 saturated heterocycles. The molecule has 0 aliphatic heterocycles. The van der Waals surface area contributed by atoms with Gasteiger partial charge in [0.15, 0.2) is 0 Å². The summed E-state index contributed by atoms with van der Waals surface area (Å²) in [6.45, 7) is 2.27. The van der Waals surface area contributed by atoms with Crippen molar-refractivity contribution in [2.75, 3.05) is 10.6 Å². The Morgan fingerprint density at radius 1 is 1.08 bits per heavy atom. The SMILES string of the molecule is Cc1nc(NCc2ccncc2)cc(C(=O)Nc2c(Cl)cccc2Cl)n1. The van der Waals surface area contributed by atoms with Gasteiger partial charge in [-0.25, -0.2) is 9.97 Å². The lowest BCUT2D eigenvalue weighted by Crippen LogP contribution is -2.16. The Balaban J connectivity index is 1.77. The zero-order chi connectivity index (χ0) is 18.5. The van der Waals surface area contributed by atoms with Gasteiger partial charge in [0, 0.05) is 25.0 Å². The molecule has 1 amide bonds. The summed E-state index contributed by atoms with van der Waals surface area (Å²) >= 11 is 12.2. The third-order valence-electron chi connectivity index (χ3n) is 3.49. The minimum absolute atomic E-state index is 0.214. The first-order valence-electron chi connectivity index (χ1n) is 7.77. The Morgan fingerprint density at radius 3 is 2.46 bits per heavy atom. The number of carbonyl (C=O) groups excluding carboxylic acids is 1. The van der Waals surface area contributed by atoms with Gasteiger partial charge < -0.3 is 10.6 Å². The normalized spacial score (nSPS) is 10.4. The molecule has 2 aromatic heterocycles. The molecule has 1 aromatic carbocycles. The van der Waals surface area contributed by atoms with E-state index >= 15 is 0 Å². The maximum absolute atomic E-state index is 12.5. The summed E-state index contributed by atoms with van der Waals surface area (Å²) in [7, 11) is 0. The summed E-state index contributed by atoms with van der Waals surface area (Å²) in [5.41, 5.74) is 1.61. The van der Waals surface area contributed by atoms with Gasteiger partial charge in [-0.2, -0.15) is 0 Å².